The van der Waals surface area contributed by atoms with Crippen LogP contribution in [0.2, 0.25) is 0 Å². The summed E-state index contributed by atoms with van der Waals surface area (Å²) in [6.07, 6.45) is 0. The van der Waals surface area contributed by atoms with Gasteiger partial charge in [-0.25, -0.2) is 9.69 Å². The molecule has 0 spiro atoms. The summed E-state index contributed by atoms with van der Waals surface area (Å²) in [4.78, 5) is 69.1. The summed E-state index contributed by atoms with van der Waals surface area (Å²) < 4.78 is 16.4. The first kappa shape index (κ1) is 30.2. The van der Waals surface area contributed by atoms with Crippen molar-refractivity contribution in [1.82, 2.24) is 4.98 Å². The van der Waals surface area contributed by atoms with Gasteiger partial charge in [-0.05, 0) is 61.0 Å². The van der Waals surface area contributed by atoms with Crippen molar-refractivity contribution in [3.05, 3.63) is 98.5 Å². The number of thioether (sulfide) groups is 1. The van der Waals surface area contributed by atoms with Gasteiger partial charge >= 0.3 is 10.8 Å². The summed E-state index contributed by atoms with van der Waals surface area (Å²) in [5.41, 5.74) is 1.91. The Hall–Kier alpha value is -4.88. The summed E-state index contributed by atoms with van der Waals surface area (Å²) in [5.74, 6) is -2.52. The van der Waals surface area contributed by atoms with Crippen LogP contribution in [0.4, 0.5) is 11.4 Å². The van der Waals surface area contributed by atoms with Crippen molar-refractivity contribution >= 4 is 58.2 Å². The molecule has 0 aliphatic carbocycles. The number of imide groups is 1. The van der Waals surface area contributed by atoms with Crippen LogP contribution in [-0.2, 0) is 19.1 Å². The predicted octanol–water partition coefficient (Wildman–Crippen LogP) is 4.44. The molecule has 45 heavy (non-hydrogen) atoms. The number of aromatic amines is 1. The van der Waals surface area contributed by atoms with Crippen LogP contribution in [0.3, 0.4) is 0 Å². The van der Waals surface area contributed by atoms with Crippen molar-refractivity contribution in [3.63, 3.8) is 0 Å². The Morgan fingerprint density at radius 1 is 0.956 bits per heavy atom. The maximum Gasteiger partial charge on any atom is 0.338 e. The molecule has 2 aliphatic rings. The molecule has 2 aliphatic heterocycles. The van der Waals surface area contributed by atoms with Crippen LogP contribution in [0.15, 0.2) is 82.6 Å². The van der Waals surface area contributed by atoms with E-state index in [4.69, 9.17) is 14.2 Å². The van der Waals surface area contributed by atoms with Gasteiger partial charge in [0.15, 0.2) is 18.1 Å². The van der Waals surface area contributed by atoms with Crippen molar-refractivity contribution in [2.24, 2.45) is 5.92 Å². The molecule has 0 radical (unpaired) electrons. The fourth-order valence-electron chi connectivity index (χ4n) is 5.45. The summed E-state index contributed by atoms with van der Waals surface area (Å²) in [6.45, 7) is 1.66. The number of thiazole rings is 1. The number of hydrogen-bond donors (Lipinski definition) is 2. The molecule has 3 amide bonds. The molecule has 6 rings (SSSR count). The first-order valence-electron chi connectivity index (χ1n) is 14.0. The third-order valence-corrected chi connectivity index (χ3v) is 9.82. The van der Waals surface area contributed by atoms with E-state index in [1.165, 1.54) is 31.0 Å². The Morgan fingerprint density at radius 2 is 1.71 bits per heavy atom. The van der Waals surface area contributed by atoms with Crippen molar-refractivity contribution in [1.29, 1.82) is 0 Å². The number of amides is 3. The number of benzene rings is 3. The molecular weight excluding hydrogens is 618 g/mol. The maximum atomic E-state index is 14.0. The van der Waals surface area contributed by atoms with Crippen LogP contribution in [0.25, 0.3) is 0 Å². The highest BCUT2D eigenvalue weighted by Crippen LogP contribution is 2.53. The number of H-pyrrole nitrogens is 1. The van der Waals surface area contributed by atoms with Gasteiger partial charge in [0.1, 0.15) is 5.25 Å². The first-order chi connectivity index (χ1) is 21.8. The van der Waals surface area contributed by atoms with E-state index < -0.39 is 34.9 Å². The second-order valence-corrected chi connectivity index (χ2v) is 12.3. The normalized spacial score (nSPS) is 18.6. The number of esters is 1. The number of hydrogen-bond acceptors (Lipinski definition) is 10. The van der Waals surface area contributed by atoms with Gasteiger partial charge < -0.3 is 24.5 Å². The van der Waals surface area contributed by atoms with Crippen LogP contribution < -0.4 is 24.6 Å². The zero-order valence-electron chi connectivity index (χ0n) is 24.1. The van der Waals surface area contributed by atoms with Crippen molar-refractivity contribution < 1.29 is 33.4 Å². The van der Waals surface area contributed by atoms with Crippen molar-refractivity contribution in [2.45, 2.75) is 23.1 Å². The number of carbonyl (C=O) groups is 4. The van der Waals surface area contributed by atoms with E-state index in [0.717, 1.165) is 16.2 Å². The second kappa shape index (κ2) is 12.6. The van der Waals surface area contributed by atoms with Gasteiger partial charge in [-0.2, -0.15) is 0 Å². The van der Waals surface area contributed by atoms with E-state index in [1.54, 1.807) is 49.4 Å². The fraction of sp³-hybridized carbons (Fsp3) is 0.219. The van der Waals surface area contributed by atoms with Crippen LogP contribution in [0.1, 0.15) is 33.6 Å². The number of ether oxygens (including phenoxy) is 3. The number of rotatable bonds is 9. The molecular formula is C32H27N3O8S2. The van der Waals surface area contributed by atoms with Gasteiger partial charge in [0.2, 0.25) is 11.8 Å². The minimum Gasteiger partial charge on any atom is -0.493 e. The molecule has 1 saturated heterocycles. The number of nitrogens with zero attached hydrogens (tertiary/aromatic N) is 1. The van der Waals surface area contributed by atoms with Gasteiger partial charge in [-0.15, -0.1) is 0 Å². The lowest BCUT2D eigenvalue weighted by molar-refractivity contribution is -0.122. The molecule has 2 N–H and O–H groups in total. The van der Waals surface area contributed by atoms with Gasteiger partial charge in [-0.3, -0.25) is 19.2 Å². The average Bonchev–Trinajstić information content (AvgIpc) is 3.54. The number of aromatic nitrogens is 1. The Balaban J connectivity index is 1.29. The number of carbonyl (C=O) groups excluding carboxylic acids is 4. The second-order valence-electron chi connectivity index (χ2n) is 10.1. The maximum absolute atomic E-state index is 14.0. The minimum atomic E-state index is -0.820. The Morgan fingerprint density at radius 3 is 2.42 bits per heavy atom. The highest BCUT2D eigenvalue weighted by atomic mass is 32.2. The molecule has 3 heterocycles. The van der Waals surface area contributed by atoms with E-state index in [0.29, 0.717) is 43.9 Å². The number of methoxy groups -OCH3 is 1. The Kier molecular flexibility index (Phi) is 8.46. The lowest BCUT2D eigenvalue weighted by atomic mass is 9.83. The van der Waals surface area contributed by atoms with Gasteiger partial charge in [0.25, 0.3) is 5.91 Å². The smallest absolute Gasteiger partial charge is 0.338 e. The minimum absolute atomic E-state index is 0.222. The van der Waals surface area contributed by atoms with Gasteiger partial charge in [-0.1, -0.05) is 47.4 Å². The molecule has 3 unspecified atom stereocenters. The van der Waals surface area contributed by atoms with Crippen molar-refractivity contribution in [3.8, 4) is 11.5 Å². The molecule has 230 valence electrons. The summed E-state index contributed by atoms with van der Waals surface area (Å²) >= 11 is 2.16. The highest BCUT2D eigenvalue weighted by molar-refractivity contribution is 8.00. The van der Waals surface area contributed by atoms with Crippen LogP contribution in [-0.4, -0.2) is 54.2 Å². The zero-order chi connectivity index (χ0) is 31.7. The molecule has 3 atom stereocenters. The number of para-hydroxylation sites is 1. The molecule has 1 fully saturated rings. The molecule has 1 aromatic heterocycles. The predicted molar refractivity (Wildman–Crippen MR) is 168 cm³/mol. The lowest BCUT2D eigenvalue weighted by Crippen LogP contribution is -2.32. The van der Waals surface area contributed by atoms with Gasteiger partial charge in [0, 0.05) is 16.5 Å². The topological polar surface area (TPSA) is 144 Å². The molecule has 4 aromatic rings. The Labute approximate surface area is 265 Å². The summed E-state index contributed by atoms with van der Waals surface area (Å²) in [7, 11) is 1.46. The standard InChI is InChI=1S/C32H27N3O8S2/c1-3-42-31(39)17-9-12-20(13-10-17)35-29(37)25-24(26-28(34-32(40)45-26)44-27(25)30(35)38)18-11-14-21(22(15-18)41-2)43-16-23(36)33-19-7-5-4-6-8-19/h4-15,24-25,27H,3,16H2,1-2H3,(H,33,36)(H,34,40). The number of fused-ring (bicyclic) bond motifs is 2. The van der Waals surface area contributed by atoms with E-state index >= 15 is 0 Å². The average molecular weight is 646 g/mol. The molecule has 11 nitrogen and oxygen atoms in total. The van der Waals surface area contributed by atoms with Crippen molar-refractivity contribution in [2.75, 3.05) is 30.5 Å². The fourth-order valence-corrected chi connectivity index (χ4v) is 7.97. The quantitative estimate of drug-likeness (QED) is 0.200. The third-order valence-electron chi connectivity index (χ3n) is 7.42. The molecule has 0 saturated carbocycles. The highest BCUT2D eigenvalue weighted by Gasteiger charge is 2.56. The largest absolute Gasteiger partial charge is 0.493 e. The Bertz CT molecular complexity index is 1840. The van der Waals surface area contributed by atoms with Crippen LogP contribution in [0.5, 0.6) is 11.5 Å². The van der Waals surface area contributed by atoms with Crippen LogP contribution in [0, 0.1) is 5.92 Å². The van der Waals surface area contributed by atoms with Gasteiger partial charge in [0.05, 0.1) is 35.9 Å². The van der Waals surface area contributed by atoms with E-state index in [2.05, 4.69) is 10.3 Å². The molecule has 0 bridgehead atoms. The molecule has 13 heteroatoms. The lowest BCUT2D eigenvalue weighted by Gasteiger charge is -2.30. The third kappa shape index (κ3) is 5.83. The van der Waals surface area contributed by atoms with E-state index in [9.17, 15) is 24.0 Å². The zero-order valence-corrected chi connectivity index (χ0v) is 25.7. The van der Waals surface area contributed by atoms with E-state index in [1.807, 2.05) is 18.2 Å². The summed E-state index contributed by atoms with van der Waals surface area (Å²) in [6, 6.07) is 20.2. The summed E-state index contributed by atoms with van der Waals surface area (Å²) in [5, 5.41) is 2.49. The number of anilines is 2. The van der Waals surface area contributed by atoms with Crippen LogP contribution >= 0.6 is 23.1 Å². The van der Waals surface area contributed by atoms with E-state index in [-0.39, 0.29) is 24.0 Å². The monoisotopic (exact) mass is 645 g/mol. The SMILES string of the molecule is CCOC(=O)c1ccc(N2C(=O)C3Sc4[nH]c(=O)sc4C(c4ccc(OCC(=O)Nc5ccccc5)c(OC)c4)C3C2=O)cc1. The molecule has 3 aromatic carbocycles. The number of nitrogens with one attached hydrogen (secondary N) is 2. The first-order valence-corrected chi connectivity index (χ1v) is 15.7.